The highest BCUT2D eigenvalue weighted by Gasteiger charge is 2.31. The lowest BCUT2D eigenvalue weighted by Gasteiger charge is -2.35. The minimum atomic E-state index is -0.897. The number of hydrogen-bond donors (Lipinski definition) is 1. The molecule has 108 valence electrons. The highest BCUT2D eigenvalue weighted by Crippen LogP contribution is 2.35. The first-order valence-corrected chi connectivity index (χ1v) is 7.47. The van der Waals surface area contributed by atoms with Gasteiger partial charge in [0.05, 0.1) is 4.92 Å². The van der Waals surface area contributed by atoms with Crippen LogP contribution in [0.2, 0.25) is 5.02 Å². The van der Waals surface area contributed by atoms with E-state index in [1.165, 1.54) is 12.1 Å². The molecule has 0 aliphatic carbocycles. The lowest BCUT2D eigenvalue weighted by atomic mass is 10.1. The van der Waals surface area contributed by atoms with Crippen molar-refractivity contribution in [3.8, 4) is 0 Å². The van der Waals surface area contributed by atoms with E-state index in [0.29, 0.717) is 23.5 Å². The lowest BCUT2D eigenvalue weighted by Crippen LogP contribution is -2.47. The normalized spacial score (nSPS) is 18.9. The van der Waals surface area contributed by atoms with Gasteiger partial charge in [-0.2, -0.15) is 11.8 Å². The van der Waals surface area contributed by atoms with Crippen LogP contribution in [0.15, 0.2) is 12.1 Å². The molecule has 6 nitrogen and oxygen atoms in total. The molecular weight excluding hydrogens is 304 g/mol. The Bertz CT molecular complexity index is 567. The van der Waals surface area contributed by atoms with Gasteiger partial charge in [-0.1, -0.05) is 11.6 Å². The number of thioether (sulfide) groups is 1. The number of carboxylic acids is 1. The molecule has 1 aliphatic heterocycles. The molecule has 0 spiro atoms. The number of aliphatic carboxylic acids is 1. The second-order valence-corrected chi connectivity index (χ2v) is 6.03. The average molecular weight is 317 g/mol. The molecular formula is C12H13ClN2O4S. The maximum absolute atomic E-state index is 11.3. The predicted octanol–water partition coefficient (Wildman–Crippen LogP) is 2.56. The van der Waals surface area contributed by atoms with Crippen molar-refractivity contribution in [1.29, 1.82) is 0 Å². The van der Waals surface area contributed by atoms with Crippen LogP contribution in [0.5, 0.6) is 0 Å². The molecule has 1 heterocycles. The quantitative estimate of drug-likeness (QED) is 0.681. The number of nitro benzene ring substituents is 1. The van der Waals surface area contributed by atoms with Crippen LogP contribution in [-0.4, -0.2) is 40.1 Å². The summed E-state index contributed by atoms with van der Waals surface area (Å²) >= 11 is 7.51. The maximum atomic E-state index is 11.3. The molecule has 8 heteroatoms. The summed E-state index contributed by atoms with van der Waals surface area (Å²) in [7, 11) is 0. The van der Waals surface area contributed by atoms with Gasteiger partial charge in [-0.15, -0.1) is 0 Å². The molecule has 0 saturated carbocycles. The smallest absolute Gasteiger partial charge is 0.327 e. The van der Waals surface area contributed by atoms with Crippen LogP contribution >= 0.6 is 23.4 Å². The predicted molar refractivity (Wildman–Crippen MR) is 78.9 cm³/mol. The first kappa shape index (κ1) is 14.9. The molecule has 0 radical (unpaired) electrons. The highest BCUT2D eigenvalue weighted by molar-refractivity contribution is 7.99. The molecule has 1 aromatic rings. The molecule has 20 heavy (non-hydrogen) atoms. The van der Waals surface area contributed by atoms with Crippen molar-refractivity contribution in [2.75, 3.05) is 23.0 Å². The van der Waals surface area contributed by atoms with Gasteiger partial charge in [0.2, 0.25) is 0 Å². The van der Waals surface area contributed by atoms with Crippen molar-refractivity contribution < 1.29 is 14.8 Å². The second-order valence-electron chi connectivity index (χ2n) is 4.47. The molecule has 1 saturated heterocycles. The molecule has 0 bridgehead atoms. The number of hydrogen-bond acceptors (Lipinski definition) is 5. The Labute approximate surface area is 124 Å². The van der Waals surface area contributed by atoms with E-state index in [0.717, 1.165) is 5.75 Å². The Morgan fingerprint density at radius 3 is 2.90 bits per heavy atom. The van der Waals surface area contributed by atoms with Crippen LogP contribution in [0.25, 0.3) is 0 Å². The third-order valence-corrected chi connectivity index (χ3v) is 4.51. The van der Waals surface area contributed by atoms with Gasteiger partial charge in [0, 0.05) is 29.8 Å². The first-order chi connectivity index (χ1) is 9.41. The summed E-state index contributed by atoms with van der Waals surface area (Å²) in [4.78, 5) is 23.4. The Morgan fingerprint density at radius 2 is 2.30 bits per heavy atom. The van der Waals surface area contributed by atoms with Gasteiger partial charge >= 0.3 is 5.97 Å². The minimum absolute atomic E-state index is 0.0259. The Balaban J connectivity index is 2.43. The number of carboxylic acid groups (broad SMARTS) is 1. The Kier molecular flexibility index (Phi) is 4.39. The zero-order chi connectivity index (χ0) is 14.9. The summed E-state index contributed by atoms with van der Waals surface area (Å²) < 4.78 is 0. The fraction of sp³-hybridized carbons (Fsp3) is 0.417. The van der Waals surface area contributed by atoms with Crippen molar-refractivity contribution in [3.05, 3.63) is 32.8 Å². The van der Waals surface area contributed by atoms with Gasteiger partial charge in [-0.3, -0.25) is 10.1 Å². The summed E-state index contributed by atoms with van der Waals surface area (Å²) in [5.74, 6) is 0.410. The third kappa shape index (κ3) is 2.83. The molecule has 0 aromatic heterocycles. The number of nitro groups is 1. The van der Waals surface area contributed by atoms with Gasteiger partial charge in [0.1, 0.15) is 11.1 Å². The Hall–Kier alpha value is -1.47. The minimum Gasteiger partial charge on any atom is -0.480 e. The van der Waals surface area contributed by atoms with E-state index in [1.54, 1.807) is 23.6 Å². The highest BCUT2D eigenvalue weighted by atomic mass is 35.5. The van der Waals surface area contributed by atoms with E-state index in [1.807, 2.05) is 0 Å². The van der Waals surface area contributed by atoms with Gasteiger partial charge < -0.3 is 10.0 Å². The monoisotopic (exact) mass is 316 g/mol. The van der Waals surface area contributed by atoms with Crippen LogP contribution < -0.4 is 4.90 Å². The summed E-state index contributed by atoms with van der Waals surface area (Å²) in [5, 5.41) is 20.1. The van der Waals surface area contributed by atoms with Crippen LogP contribution in [0, 0.1) is 17.0 Å². The molecule has 0 amide bonds. The van der Waals surface area contributed by atoms with Crippen molar-refractivity contribution in [1.82, 2.24) is 0 Å². The topological polar surface area (TPSA) is 83.7 Å². The summed E-state index contributed by atoms with van der Waals surface area (Å²) in [6.07, 6.45) is 0. The molecule has 2 rings (SSSR count). The van der Waals surface area contributed by atoms with E-state index in [2.05, 4.69) is 0 Å². The van der Waals surface area contributed by atoms with E-state index < -0.39 is 16.9 Å². The van der Waals surface area contributed by atoms with Crippen LogP contribution in [0.1, 0.15) is 5.56 Å². The van der Waals surface area contributed by atoms with Crippen LogP contribution in [0.3, 0.4) is 0 Å². The number of aryl methyl sites for hydroxylation is 1. The molecule has 1 aromatic carbocycles. The second kappa shape index (κ2) is 5.88. The number of benzene rings is 1. The average Bonchev–Trinajstić information content (AvgIpc) is 2.40. The fourth-order valence-electron chi connectivity index (χ4n) is 2.20. The molecule has 1 unspecified atom stereocenters. The number of nitrogens with zero attached hydrogens (tertiary/aromatic N) is 2. The van der Waals surface area contributed by atoms with Crippen LogP contribution in [0.4, 0.5) is 11.4 Å². The number of halogens is 1. The fourth-order valence-corrected chi connectivity index (χ4v) is 3.47. The van der Waals surface area contributed by atoms with Crippen molar-refractivity contribution in [2.24, 2.45) is 0 Å². The zero-order valence-electron chi connectivity index (χ0n) is 10.7. The van der Waals surface area contributed by atoms with E-state index in [9.17, 15) is 20.0 Å². The lowest BCUT2D eigenvalue weighted by molar-refractivity contribution is -0.384. The summed E-state index contributed by atoms with van der Waals surface area (Å²) in [5.41, 5.74) is 1.14. The SMILES string of the molecule is Cc1cc([N+](=O)[O-])c(Cl)cc1N1CCSCC1C(=O)O. The number of rotatable bonds is 3. The first-order valence-electron chi connectivity index (χ1n) is 5.93. The van der Waals surface area contributed by atoms with E-state index >= 15 is 0 Å². The van der Waals surface area contributed by atoms with Gasteiger partial charge in [-0.05, 0) is 18.6 Å². The number of anilines is 1. The Morgan fingerprint density at radius 1 is 1.60 bits per heavy atom. The standard InChI is InChI=1S/C12H13ClN2O4S/c1-7-4-10(15(18)19)8(13)5-9(7)14-2-3-20-6-11(14)12(16)17/h4-5,11H,2-3,6H2,1H3,(H,16,17). The van der Waals surface area contributed by atoms with Crippen molar-refractivity contribution in [3.63, 3.8) is 0 Å². The van der Waals surface area contributed by atoms with E-state index in [-0.39, 0.29) is 10.7 Å². The molecule has 1 N–H and O–H groups in total. The third-order valence-electron chi connectivity index (χ3n) is 3.19. The zero-order valence-corrected chi connectivity index (χ0v) is 12.3. The number of carbonyl (C=O) groups is 1. The molecule has 1 atom stereocenters. The molecule has 1 fully saturated rings. The summed E-state index contributed by atoms with van der Waals surface area (Å²) in [6.45, 7) is 2.30. The molecule has 1 aliphatic rings. The van der Waals surface area contributed by atoms with Gasteiger partial charge in [0.25, 0.3) is 5.69 Å². The van der Waals surface area contributed by atoms with Gasteiger partial charge in [-0.25, -0.2) is 4.79 Å². The van der Waals surface area contributed by atoms with Crippen molar-refractivity contribution in [2.45, 2.75) is 13.0 Å². The summed E-state index contributed by atoms with van der Waals surface area (Å²) in [6, 6.07) is 2.24. The van der Waals surface area contributed by atoms with E-state index in [4.69, 9.17) is 11.6 Å². The largest absolute Gasteiger partial charge is 0.480 e. The maximum Gasteiger partial charge on any atom is 0.327 e. The van der Waals surface area contributed by atoms with Gasteiger partial charge in [0.15, 0.2) is 0 Å². The van der Waals surface area contributed by atoms with Crippen LogP contribution in [-0.2, 0) is 4.79 Å². The van der Waals surface area contributed by atoms with Crippen molar-refractivity contribution >= 4 is 40.7 Å².